The highest BCUT2D eigenvalue weighted by Crippen LogP contribution is 2.35. The summed E-state index contributed by atoms with van der Waals surface area (Å²) >= 11 is 0. The molecule has 0 spiro atoms. The fourth-order valence-corrected chi connectivity index (χ4v) is 2.46. The molecule has 3 N–H and O–H groups in total. The van der Waals surface area contributed by atoms with E-state index in [1.165, 1.54) is 12.8 Å². The highest BCUT2D eigenvalue weighted by molar-refractivity contribution is 5.99. The van der Waals surface area contributed by atoms with Gasteiger partial charge in [0, 0.05) is 19.7 Å². The SMILES string of the molecule is COCCN(C(=O)c1ccccc1NN)C(C)C1CC1. The van der Waals surface area contributed by atoms with Crippen LogP contribution in [0.5, 0.6) is 0 Å². The maximum absolute atomic E-state index is 12.8. The predicted octanol–water partition coefficient (Wildman–Crippen LogP) is 1.86. The Morgan fingerprint density at radius 1 is 1.50 bits per heavy atom. The number of benzene rings is 1. The number of carbonyl (C=O) groups is 1. The average molecular weight is 277 g/mol. The van der Waals surface area contributed by atoms with Crippen LogP contribution in [0.4, 0.5) is 5.69 Å². The summed E-state index contributed by atoms with van der Waals surface area (Å²) in [6.45, 7) is 3.26. The third-order valence-corrected chi connectivity index (χ3v) is 3.91. The Labute approximate surface area is 120 Å². The van der Waals surface area contributed by atoms with Gasteiger partial charge < -0.3 is 15.1 Å². The van der Waals surface area contributed by atoms with Crippen LogP contribution in [0.3, 0.4) is 0 Å². The van der Waals surface area contributed by atoms with E-state index in [0.29, 0.717) is 30.3 Å². The Morgan fingerprint density at radius 3 is 2.80 bits per heavy atom. The van der Waals surface area contributed by atoms with Gasteiger partial charge in [0.2, 0.25) is 0 Å². The van der Waals surface area contributed by atoms with Gasteiger partial charge in [-0.15, -0.1) is 0 Å². The number of hydrazine groups is 1. The van der Waals surface area contributed by atoms with E-state index in [2.05, 4.69) is 12.3 Å². The van der Waals surface area contributed by atoms with Gasteiger partial charge in [-0.05, 0) is 37.8 Å². The summed E-state index contributed by atoms with van der Waals surface area (Å²) in [6, 6.07) is 7.56. The predicted molar refractivity (Wildman–Crippen MR) is 79.4 cm³/mol. The summed E-state index contributed by atoms with van der Waals surface area (Å²) in [5, 5.41) is 0. The number of anilines is 1. The van der Waals surface area contributed by atoms with Crippen molar-refractivity contribution in [3.8, 4) is 0 Å². The van der Waals surface area contributed by atoms with Crippen molar-refractivity contribution < 1.29 is 9.53 Å². The van der Waals surface area contributed by atoms with Crippen molar-refractivity contribution in [2.45, 2.75) is 25.8 Å². The molecule has 20 heavy (non-hydrogen) atoms. The molecule has 1 aliphatic carbocycles. The second-order valence-electron chi connectivity index (χ2n) is 5.26. The number of nitrogens with one attached hydrogen (secondary N) is 1. The van der Waals surface area contributed by atoms with Gasteiger partial charge in [0.25, 0.3) is 5.91 Å². The molecule has 0 radical (unpaired) electrons. The maximum atomic E-state index is 12.8. The first kappa shape index (κ1) is 14.8. The largest absolute Gasteiger partial charge is 0.383 e. The lowest BCUT2D eigenvalue weighted by Gasteiger charge is -2.30. The first-order valence-corrected chi connectivity index (χ1v) is 7.04. The van der Waals surface area contributed by atoms with Crippen LogP contribution in [-0.2, 0) is 4.74 Å². The Morgan fingerprint density at radius 2 is 2.20 bits per heavy atom. The summed E-state index contributed by atoms with van der Waals surface area (Å²) in [5.74, 6) is 6.12. The standard InChI is InChI=1S/C15H23N3O2/c1-11(12-7-8-12)18(9-10-20-2)15(19)13-5-3-4-6-14(13)17-16/h3-6,11-12,17H,7-10,16H2,1-2H3. The lowest BCUT2D eigenvalue weighted by Crippen LogP contribution is -2.42. The molecule has 1 amide bonds. The number of para-hydroxylation sites is 1. The highest BCUT2D eigenvalue weighted by Gasteiger charge is 2.34. The quantitative estimate of drug-likeness (QED) is 0.589. The Hall–Kier alpha value is -1.59. The first-order chi connectivity index (χ1) is 9.69. The number of amides is 1. The van der Waals surface area contributed by atoms with Crippen LogP contribution in [-0.4, -0.2) is 37.1 Å². The molecule has 5 heteroatoms. The van der Waals surface area contributed by atoms with Crippen molar-refractivity contribution in [1.82, 2.24) is 4.90 Å². The van der Waals surface area contributed by atoms with Gasteiger partial charge in [-0.25, -0.2) is 0 Å². The van der Waals surface area contributed by atoms with Gasteiger partial charge in [0.05, 0.1) is 17.9 Å². The van der Waals surface area contributed by atoms with E-state index in [-0.39, 0.29) is 11.9 Å². The molecule has 1 atom stereocenters. The second-order valence-corrected chi connectivity index (χ2v) is 5.26. The molecule has 2 rings (SSSR count). The number of hydrogen-bond acceptors (Lipinski definition) is 4. The van der Waals surface area contributed by atoms with E-state index >= 15 is 0 Å². The zero-order chi connectivity index (χ0) is 14.5. The Bertz CT molecular complexity index is 460. The van der Waals surface area contributed by atoms with Crippen LogP contribution in [0.2, 0.25) is 0 Å². The molecular formula is C15H23N3O2. The summed E-state index contributed by atoms with van der Waals surface area (Å²) in [4.78, 5) is 14.7. The lowest BCUT2D eigenvalue weighted by molar-refractivity contribution is 0.0595. The van der Waals surface area contributed by atoms with Crippen molar-refractivity contribution in [2.24, 2.45) is 11.8 Å². The molecule has 0 aromatic heterocycles. The molecule has 1 aromatic carbocycles. The number of methoxy groups -OCH3 is 1. The van der Waals surface area contributed by atoms with E-state index in [9.17, 15) is 4.79 Å². The van der Waals surface area contributed by atoms with E-state index in [4.69, 9.17) is 10.6 Å². The number of hydrogen-bond donors (Lipinski definition) is 2. The van der Waals surface area contributed by atoms with E-state index < -0.39 is 0 Å². The summed E-state index contributed by atoms with van der Waals surface area (Å²) < 4.78 is 5.13. The van der Waals surface area contributed by atoms with Crippen LogP contribution < -0.4 is 11.3 Å². The number of nitrogens with two attached hydrogens (primary N) is 1. The van der Waals surface area contributed by atoms with Crippen LogP contribution >= 0.6 is 0 Å². The summed E-state index contributed by atoms with van der Waals surface area (Å²) in [6.07, 6.45) is 2.41. The molecule has 0 bridgehead atoms. The molecule has 0 heterocycles. The summed E-state index contributed by atoms with van der Waals surface area (Å²) in [5.41, 5.74) is 3.86. The normalized spacial score (nSPS) is 15.8. The molecule has 1 aromatic rings. The first-order valence-electron chi connectivity index (χ1n) is 7.04. The van der Waals surface area contributed by atoms with Crippen LogP contribution in [0.15, 0.2) is 24.3 Å². The monoisotopic (exact) mass is 277 g/mol. The fourth-order valence-electron chi connectivity index (χ4n) is 2.46. The number of ether oxygens (including phenoxy) is 1. The van der Waals surface area contributed by atoms with Crippen molar-refractivity contribution >= 4 is 11.6 Å². The van der Waals surface area contributed by atoms with Gasteiger partial charge >= 0.3 is 0 Å². The molecule has 0 aliphatic heterocycles. The zero-order valence-corrected chi connectivity index (χ0v) is 12.1. The summed E-state index contributed by atoms with van der Waals surface area (Å²) in [7, 11) is 1.65. The zero-order valence-electron chi connectivity index (χ0n) is 12.1. The fraction of sp³-hybridized carbons (Fsp3) is 0.533. The van der Waals surface area contributed by atoms with E-state index in [0.717, 1.165) is 0 Å². The van der Waals surface area contributed by atoms with Gasteiger partial charge in [-0.3, -0.25) is 10.6 Å². The van der Waals surface area contributed by atoms with Crippen molar-refractivity contribution in [3.63, 3.8) is 0 Å². The third kappa shape index (κ3) is 3.29. The highest BCUT2D eigenvalue weighted by atomic mass is 16.5. The number of nitrogens with zero attached hydrogens (tertiary/aromatic N) is 1. The van der Waals surface area contributed by atoms with Crippen LogP contribution in [0.1, 0.15) is 30.1 Å². The minimum absolute atomic E-state index is 0.00926. The van der Waals surface area contributed by atoms with Crippen molar-refractivity contribution in [2.75, 3.05) is 25.7 Å². The minimum atomic E-state index is 0.00926. The van der Waals surface area contributed by atoms with E-state index in [1.54, 1.807) is 13.2 Å². The van der Waals surface area contributed by atoms with Gasteiger partial charge in [0.1, 0.15) is 0 Å². The Kier molecular flexibility index (Phi) is 4.98. The van der Waals surface area contributed by atoms with Crippen molar-refractivity contribution in [1.29, 1.82) is 0 Å². The molecule has 1 aliphatic rings. The molecule has 110 valence electrons. The topological polar surface area (TPSA) is 67.6 Å². The molecule has 1 fully saturated rings. The average Bonchev–Trinajstić information content (AvgIpc) is 3.31. The van der Waals surface area contributed by atoms with Crippen LogP contribution in [0.25, 0.3) is 0 Å². The molecule has 1 unspecified atom stereocenters. The van der Waals surface area contributed by atoms with E-state index in [1.807, 2.05) is 23.1 Å². The van der Waals surface area contributed by atoms with Gasteiger partial charge in [-0.2, -0.15) is 0 Å². The third-order valence-electron chi connectivity index (χ3n) is 3.91. The Balaban J connectivity index is 2.20. The maximum Gasteiger partial charge on any atom is 0.256 e. The molecule has 0 saturated heterocycles. The van der Waals surface area contributed by atoms with Gasteiger partial charge in [-0.1, -0.05) is 12.1 Å². The molecular weight excluding hydrogens is 254 g/mol. The number of rotatable bonds is 7. The minimum Gasteiger partial charge on any atom is -0.383 e. The molecule has 5 nitrogen and oxygen atoms in total. The lowest BCUT2D eigenvalue weighted by atomic mass is 10.1. The van der Waals surface area contributed by atoms with Gasteiger partial charge in [0.15, 0.2) is 0 Å². The smallest absolute Gasteiger partial charge is 0.256 e. The van der Waals surface area contributed by atoms with Crippen molar-refractivity contribution in [3.05, 3.63) is 29.8 Å². The second kappa shape index (κ2) is 6.72. The number of carbonyl (C=O) groups excluding carboxylic acids is 1. The molecule has 1 saturated carbocycles. The number of nitrogen functional groups attached to an aromatic ring is 1. The van der Waals surface area contributed by atoms with Crippen LogP contribution in [0, 0.1) is 5.92 Å².